The molecule has 1 N–H and O–H groups in total. The van der Waals surface area contributed by atoms with E-state index < -0.39 is 0 Å². The Balaban J connectivity index is 1.58. The largest absolute Gasteiger partial charge is 0.346 e. The van der Waals surface area contributed by atoms with Crippen LogP contribution in [0.2, 0.25) is 0 Å². The van der Waals surface area contributed by atoms with Crippen molar-refractivity contribution in [2.45, 2.75) is 38.6 Å². The minimum Gasteiger partial charge on any atom is -0.346 e. The highest BCUT2D eigenvalue weighted by molar-refractivity contribution is 5.91. The van der Waals surface area contributed by atoms with Gasteiger partial charge in [-0.25, -0.2) is 4.98 Å². The Labute approximate surface area is 116 Å². The highest BCUT2D eigenvalue weighted by atomic mass is 16.2. The molecular formula is C14H17N5O. The van der Waals surface area contributed by atoms with E-state index >= 15 is 0 Å². The van der Waals surface area contributed by atoms with Gasteiger partial charge in [0.2, 0.25) is 5.82 Å². The van der Waals surface area contributed by atoms with Crippen LogP contribution >= 0.6 is 0 Å². The molecule has 2 aromatic heterocycles. The molecular weight excluding hydrogens is 254 g/mol. The van der Waals surface area contributed by atoms with E-state index in [0.29, 0.717) is 23.6 Å². The normalized spacial score (nSPS) is 28.1. The Morgan fingerprint density at radius 2 is 2.25 bits per heavy atom. The number of aryl methyl sites for hydroxylation is 1. The predicted molar refractivity (Wildman–Crippen MR) is 72.2 cm³/mol. The molecule has 2 fully saturated rings. The van der Waals surface area contributed by atoms with Gasteiger partial charge in [-0.1, -0.05) is 6.42 Å². The number of carbonyl (C=O) groups excluding carboxylic acids is 1. The second kappa shape index (κ2) is 4.26. The van der Waals surface area contributed by atoms with Crippen molar-refractivity contribution in [2.24, 2.45) is 11.8 Å². The second-order valence-electron chi connectivity index (χ2n) is 6.02. The van der Waals surface area contributed by atoms with Gasteiger partial charge in [-0.2, -0.15) is 0 Å². The molecule has 0 aliphatic heterocycles. The standard InChI is InChI=1S/C14H17N5O/c1-8-4-5-19-12(17-18-14(19)15-8)13(20)16-11-7-9-2-3-10(11)6-9/h4-5,9-11H,2-3,6-7H2,1H3,(H,16,20)/t9-,10+,11+/m1/s1. The summed E-state index contributed by atoms with van der Waals surface area (Å²) in [4.78, 5) is 16.6. The van der Waals surface area contributed by atoms with Crippen molar-refractivity contribution in [3.05, 3.63) is 23.8 Å². The summed E-state index contributed by atoms with van der Waals surface area (Å²) in [6.45, 7) is 1.89. The Morgan fingerprint density at radius 1 is 1.35 bits per heavy atom. The number of amides is 1. The molecule has 0 radical (unpaired) electrons. The average molecular weight is 271 g/mol. The first kappa shape index (κ1) is 11.8. The van der Waals surface area contributed by atoms with E-state index in [1.54, 1.807) is 10.6 Å². The first-order chi connectivity index (χ1) is 9.70. The molecule has 6 nitrogen and oxygen atoms in total. The number of fused-ring (bicyclic) bond motifs is 3. The number of carbonyl (C=O) groups is 1. The molecule has 104 valence electrons. The highest BCUT2D eigenvalue weighted by Crippen LogP contribution is 2.44. The Kier molecular flexibility index (Phi) is 2.52. The topological polar surface area (TPSA) is 72.2 Å². The lowest BCUT2D eigenvalue weighted by Gasteiger charge is -2.22. The summed E-state index contributed by atoms with van der Waals surface area (Å²) in [5.41, 5.74) is 0.866. The van der Waals surface area contributed by atoms with Gasteiger partial charge in [0.05, 0.1) is 0 Å². The minimum absolute atomic E-state index is 0.138. The molecule has 2 aliphatic carbocycles. The molecule has 2 saturated carbocycles. The van der Waals surface area contributed by atoms with Crippen LogP contribution < -0.4 is 5.32 Å². The van der Waals surface area contributed by atoms with Gasteiger partial charge in [-0.05, 0) is 44.1 Å². The molecule has 0 aromatic carbocycles. The van der Waals surface area contributed by atoms with Crippen molar-refractivity contribution in [1.82, 2.24) is 24.9 Å². The van der Waals surface area contributed by atoms with Crippen molar-refractivity contribution >= 4 is 11.7 Å². The fraction of sp³-hybridized carbons (Fsp3) is 0.571. The van der Waals surface area contributed by atoms with Gasteiger partial charge in [-0.15, -0.1) is 10.2 Å². The smallest absolute Gasteiger partial charge is 0.289 e. The molecule has 2 aromatic rings. The van der Waals surface area contributed by atoms with Crippen molar-refractivity contribution in [3.63, 3.8) is 0 Å². The van der Waals surface area contributed by atoms with Crippen LogP contribution in [0.15, 0.2) is 12.3 Å². The van der Waals surface area contributed by atoms with Crippen LogP contribution in [0, 0.1) is 18.8 Å². The Bertz CT molecular complexity index is 679. The molecule has 20 heavy (non-hydrogen) atoms. The number of nitrogens with one attached hydrogen (secondary N) is 1. The summed E-state index contributed by atoms with van der Waals surface area (Å²) in [7, 11) is 0. The van der Waals surface area contributed by atoms with E-state index in [9.17, 15) is 4.79 Å². The van der Waals surface area contributed by atoms with E-state index in [1.165, 1.54) is 19.3 Å². The number of rotatable bonds is 2. The Morgan fingerprint density at radius 3 is 3.00 bits per heavy atom. The van der Waals surface area contributed by atoms with E-state index in [1.807, 2.05) is 13.0 Å². The second-order valence-corrected chi connectivity index (χ2v) is 6.02. The van der Waals surface area contributed by atoms with Crippen molar-refractivity contribution in [3.8, 4) is 0 Å². The maximum Gasteiger partial charge on any atom is 0.289 e. The fourth-order valence-electron chi connectivity index (χ4n) is 3.68. The van der Waals surface area contributed by atoms with E-state index in [-0.39, 0.29) is 5.91 Å². The van der Waals surface area contributed by atoms with Gasteiger partial charge >= 0.3 is 0 Å². The first-order valence-electron chi connectivity index (χ1n) is 7.20. The third kappa shape index (κ3) is 1.78. The van der Waals surface area contributed by atoms with Crippen molar-refractivity contribution < 1.29 is 4.79 Å². The molecule has 1 amide bonds. The van der Waals surface area contributed by atoms with Crippen LogP contribution in [0.25, 0.3) is 5.78 Å². The maximum absolute atomic E-state index is 12.4. The Hall–Kier alpha value is -1.98. The zero-order chi connectivity index (χ0) is 13.7. The zero-order valence-electron chi connectivity index (χ0n) is 11.4. The van der Waals surface area contributed by atoms with Gasteiger partial charge in [0.25, 0.3) is 11.7 Å². The van der Waals surface area contributed by atoms with Crippen LogP contribution in [0.5, 0.6) is 0 Å². The van der Waals surface area contributed by atoms with Gasteiger partial charge < -0.3 is 5.32 Å². The zero-order valence-corrected chi connectivity index (χ0v) is 11.4. The summed E-state index contributed by atoms with van der Waals surface area (Å²) in [6.07, 6.45) is 6.76. The molecule has 0 saturated heterocycles. The molecule has 0 unspecified atom stereocenters. The molecule has 2 heterocycles. The molecule has 0 spiro atoms. The molecule has 4 rings (SSSR count). The van der Waals surface area contributed by atoms with Crippen molar-refractivity contribution in [1.29, 1.82) is 0 Å². The molecule has 2 bridgehead atoms. The lowest BCUT2D eigenvalue weighted by molar-refractivity contribution is 0.0911. The summed E-state index contributed by atoms with van der Waals surface area (Å²) in [6, 6.07) is 2.16. The third-order valence-electron chi connectivity index (χ3n) is 4.68. The summed E-state index contributed by atoms with van der Waals surface area (Å²) < 4.78 is 1.65. The van der Waals surface area contributed by atoms with Gasteiger partial charge in [0.15, 0.2) is 0 Å². The summed E-state index contributed by atoms with van der Waals surface area (Å²) in [5, 5.41) is 11.1. The number of hydrogen-bond acceptors (Lipinski definition) is 4. The SMILES string of the molecule is Cc1ccn2c(C(=O)N[C@H]3C[C@@H]4CC[C@H]3C4)nnc2n1. The number of aromatic nitrogens is 4. The lowest BCUT2D eigenvalue weighted by Crippen LogP contribution is -2.39. The monoisotopic (exact) mass is 271 g/mol. The van der Waals surface area contributed by atoms with Crippen molar-refractivity contribution in [2.75, 3.05) is 0 Å². The minimum atomic E-state index is -0.138. The van der Waals surface area contributed by atoms with E-state index in [4.69, 9.17) is 0 Å². The van der Waals surface area contributed by atoms with Gasteiger partial charge in [0, 0.05) is 17.9 Å². The third-order valence-corrected chi connectivity index (χ3v) is 4.68. The highest BCUT2D eigenvalue weighted by Gasteiger charge is 2.40. The average Bonchev–Trinajstić information content (AvgIpc) is 3.11. The van der Waals surface area contributed by atoms with Crippen LogP contribution in [0.1, 0.15) is 42.0 Å². The van der Waals surface area contributed by atoms with E-state index in [2.05, 4.69) is 20.5 Å². The first-order valence-corrected chi connectivity index (χ1v) is 7.20. The summed E-state index contributed by atoms with van der Waals surface area (Å²) >= 11 is 0. The van der Waals surface area contributed by atoms with E-state index in [0.717, 1.165) is 18.0 Å². The van der Waals surface area contributed by atoms with Crippen LogP contribution in [0.3, 0.4) is 0 Å². The van der Waals surface area contributed by atoms with Gasteiger partial charge in [0.1, 0.15) is 0 Å². The van der Waals surface area contributed by atoms with Crippen LogP contribution in [0.4, 0.5) is 0 Å². The molecule has 6 heteroatoms. The molecule has 2 aliphatic rings. The molecule has 3 atom stereocenters. The predicted octanol–water partition coefficient (Wildman–Crippen LogP) is 1.35. The fourth-order valence-corrected chi connectivity index (χ4v) is 3.68. The van der Waals surface area contributed by atoms with Crippen LogP contribution in [-0.4, -0.2) is 31.5 Å². The quantitative estimate of drug-likeness (QED) is 0.895. The van der Waals surface area contributed by atoms with Crippen LogP contribution in [-0.2, 0) is 0 Å². The van der Waals surface area contributed by atoms with Gasteiger partial charge in [-0.3, -0.25) is 9.20 Å². The number of nitrogens with zero attached hydrogens (tertiary/aromatic N) is 4. The lowest BCUT2D eigenvalue weighted by atomic mass is 9.95. The number of hydrogen-bond donors (Lipinski definition) is 1. The maximum atomic E-state index is 12.4. The summed E-state index contributed by atoms with van der Waals surface area (Å²) in [5.74, 6) is 2.13.